The van der Waals surface area contributed by atoms with Crippen LogP contribution in [-0.2, 0) is 9.53 Å². The van der Waals surface area contributed by atoms with E-state index < -0.39 is 18.5 Å². The standard InChI is InChI=1S/C14H13N3O5/c1-7-4-11(22-17-7)14(19)20-6-12(18)16-13-10(5-15)8(2)9(3)21-13/h4H,6H2,1-3H3,(H,16,18). The highest BCUT2D eigenvalue weighted by Crippen LogP contribution is 2.25. The largest absolute Gasteiger partial charge is 0.450 e. The number of carbonyl (C=O) groups is 2. The summed E-state index contributed by atoms with van der Waals surface area (Å²) < 4.78 is 14.8. The maximum absolute atomic E-state index is 11.7. The average Bonchev–Trinajstić information content (AvgIpc) is 3.01. The first-order chi connectivity index (χ1) is 10.4. The quantitative estimate of drug-likeness (QED) is 0.856. The average molecular weight is 303 g/mol. The molecule has 0 aliphatic heterocycles. The molecule has 1 amide bonds. The molecule has 0 atom stereocenters. The van der Waals surface area contributed by atoms with Crippen molar-refractivity contribution >= 4 is 17.8 Å². The van der Waals surface area contributed by atoms with Gasteiger partial charge >= 0.3 is 5.97 Å². The van der Waals surface area contributed by atoms with Gasteiger partial charge in [-0.05, 0) is 20.8 Å². The smallest absolute Gasteiger partial charge is 0.377 e. The van der Waals surface area contributed by atoms with Crippen molar-refractivity contribution in [3.63, 3.8) is 0 Å². The van der Waals surface area contributed by atoms with Crippen LogP contribution < -0.4 is 5.32 Å². The number of nitrogens with zero attached hydrogens (tertiary/aromatic N) is 2. The van der Waals surface area contributed by atoms with E-state index in [0.717, 1.165) is 0 Å². The number of rotatable bonds is 4. The molecule has 0 aliphatic rings. The van der Waals surface area contributed by atoms with Crippen molar-refractivity contribution in [2.45, 2.75) is 20.8 Å². The Balaban J connectivity index is 1.95. The van der Waals surface area contributed by atoms with Crippen LogP contribution in [0.1, 0.15) is 33.1 Å². The summed E-state index contributed by atoms with van der Waals surface area (Å²) in [5, 5.41) is 15.0. The number of aromatic nitrogens is 1. The predicted octanol–water partition coefficient (Wildman–Crippen LogP) is 1.86. The predicted molar refractivity (Wildman–Crippen MR) is 73.0 cm³/mol. The van der Waals surface area contributed by atoms with E-state index in [1.54, 1.807) is 20.8 Å². The van der Waals surface area contributed by atoms with Gasteiger partial charge in [-0.2, -0.15) is 5.26 Å². The summed E-state index contributed by atoms with van der Waals surface area (Å²) in [7, 11) is 0. The van der Waals surface area contributed by atoms with Crippen molar-refractivity contribution in [1.29, 1.82) is 5.26 Å². The monoisotopic (exact) mass is 303 g/mol. The second-order valence-electron chi connectivity index (χ2n) is 4.56. The number of anilines is 1. The maximum Gasteiger partial charge on any atom is 0.377 e. The van der Waals surface area contributed by atoms with E-state index >= 15 is 0 Å². The molecule has 8 nitrogen and oxygen atoms in total. The van der Waals surface area contributed by atoms with Gasteiger partial charge in [0, 0.05) is 11.6 Å². The highest BCUT2D eigenvalue weighted by atomic mass is 16.6. The van der Waals surface area contributed by atoms with Crippen LogP contribution in [0.25, 0.3) is 0 Å². The van der Waals surface area contributed by atoms with Crippen LogP contribution >= 0.6 is 0 Å². The van der Waals surface area contributed by atoms with Crippen LogP contribution in [0.5, 0.6) is 0 Å². The fourth-order valence-electron chi connectivity index (χ4n) is 1.67. The van der Waals surface area contributed by atoms with Crippen LogP contribution in [-0.4, -0.2) is 23.6 Å². The molecule has 2 heterocycles. The topological polar surface area (TPSA) is 118 Å². The van der Waals surface area contributed by atoms with Crippen LogP contribution in [0.2, 0.25) is 0 Å². The highest BCUT2D eigenvalue weighted by Gasteiger charge is 2.19. The minimum absolute atomic E-state index is 0.0362. The van der Waals surface area contributed by atoms with E-state index in [4.69, 9.17) is 18.9 Å². The van der Waals surface area contributed by atoms with Gasteiger partial charge in [-0.15, -0.1) is 0 Å². The summed E-state index contributed by atoms with van der Waals surface area (Å²) in [5.74, 6) is -0.958. The fourth-order valence-corrected chi connectivity index (χ4v) is 1.67. The third-order valence-corrected chi connectivity index (χ3v) is 2.91. The molecule has 0 fully saturated rings. The number of ether oxygens (including phenoxy) is 1. The number of nitriles is 1. The second-order valence-corrected chi connectivity index (χ2v) is 4.56. The molecule has 2 rings (SSSR count). The second kappa shape index (κ2) is 6.13. The Hall–Kier alpha value is -3.08. The molecular formula is C14H13N3O5. The van der Waals surface area contributed by atoms with Crippen LogP contribution in [0.4, 0.5) is 5.88 Å². The minimum Gasteiger partial charge on any atom is -0.450 e. The van der Waals surface area contributed by atoms with Gasteiger partial charge in [0.25, 0.3) is 5.91 Å². The first-order valence-electron chi connectivity index (χ1n) is 6.32. The van der Waals surface area contributed by atoms with E-state index in [9.17, 15) is 9.59 Å². The lowest BCUT2D eigenvalue weighted by molar-refractivity contribution is -0.119. The lowest BCUT2D eigenvalue weighted by atomic mass is 10.2. The van der Waals surface area contributed by atoms with Gasteiger partial charge in [0.05, 0.1) is 5.69 Å². The number of amides is 1. The number of furan rings is 1. The number of hydrogen-bond acceptors (Lipinski definition) is 7. The first-order valence-corrected chi connectivity index (χ1v) is 6.32. The first kappa shape index (κ1) is 15.3. The third-order valence-electron chi connectivity index (χ3n) is 2.91. The fraction of sp³-hybridized carbons (Fsp3) is 0.286. The summed E-state index contributed by atoms with van der Waals surface area (Å²) in [6.45, 7) is 4.50. The van der Waals surface area contributed by atoms with Crippen LogP contribution in [0, 0.1) is 32.1 Å². The van der Waals surface area contributed by atoms with Crippen molar-refractivity contribution in [3.05, 3.63) is 34.4 Å². The van der Waals surface area contributed by atoms with Crippen molar-refractivity contribution in [3.8, 4) is 6.07 Å². The molecule has 0 bridgehead atoms. The molecule has 0 radical (unpaired) electrons. The zero-order valence-electron chi connectivity index (χ0n) is 12.2. The molecule has 22 heavy (non-hydrogen) atoms. The Kier molecular flexibility index (Phi) is 4.27. The zero-order chi connectivity index (χ0) is 16.3. The molecule has 0 unspecified atom stereocenters. The summed E-state index contributed by atoms with van der Waals surface area (Å²) in [4.78, 5) is 23.3. The Bertz CT molecular complexity index is 766. The van der Waals surface area contributed by atoms with Gasteiger partial charge in [-0.25, -0.2) is 4.79 Å². The normalized spacial score (nSPS) is 10.1. The number of aryl methyl sites for hydroxylation is 2. The molecule has 0 spiro atoms. The number of carbonyl (C=O) groups excluding carboxylic acids is 2. The van der Waals surface area contributed by atoms with Crippen molar-refractivity contribution in [2.24, 2.45) is 0 Å². The Morgan fingerprint density at radius 3 is 2.73 bits per heavy atom. The van der Waals surface area contributed by atoms with Gasteiger partial charge in [0.2, 0.25) is 11.6 Å². The van der Waals surface area contributed by atoms with Crippen LogP contribution in [0.3, 0.4) is 0 Å². The van der Waals surface area contributed by atoms with Crippen LogP contribution in [0.15, 0.2) is 15.0 Å². The third kappa shape index (κ3) is 3.15. The van der Waals surface area contributed by atoms with E-state index in [1.165, 1.54) is 6.07 Å². The van der Waals surface area contributed by atoms with Crippen molar-refractivity contribution < 1.29 is 23.3 Å². The Morgan fingerprint density at radius 2 is 2.14 bits per heavy atom. The lowest BCUT2D eigenvalue weighted by Gasteiger charge is -2.03. The Morgan fingerprint density at radius 1 is 1.41 bits per heavy atom. The molecule has 0 saturated carbocycles. The van der Waals surface area contributed by atoms with Gasteiger partial charge in [-0.3, -0.25) is 10.1 Å². The Labute approximate surface area is 125 Å². The number of nitrogens with one attached hydrogen (secondary N) is 1. The molecule has 0 aliphatic carbocycles. The molecule has 2 aromatic rings. The zero-order valence-corrected chi connectivity index (χ0v) is 12.2. The maximum atomic E-state index is 11.7. The lowest BCUT2D eigenvalue weighted by Crippen LogP contribution is -2.21. The van der Waals surface area contributed by atoms with E-state index in [1.807, 2.05) is 6.07 Å². The SMILES string of the molecule is Cc1cc(C(=O)OCC(=O)Nc2oc(C)c(C)c2C#N)on1. The number of hydrogen-bond donors (Lipinski definition) is 1. The van der Waals surface area contributed by atoms with Gasteiger partial charge < -0.3 is 13.7 Å². The summed E-state index contributed by atoms with van der Waals surface area (Å²) >= 11 is 0. The van der Waals surface area contributed by atoms with Gasteiger partial charge in [0.15, 0.2) is 6.61 Å². The van der Waals surface area contributed by atoms with E-state index in [2.05, 4.69) is 10.5 Å². The van der Waals surface area contributed by atoms with E-state index in [0.29, 0.717) is 17.0 Å². The molecule has 8 heteroatoms. The van der Waals surface area contributed by atoms with Crippen molar-refractivity contribution in [1.82, 2.24) is 5.16 Å². The van der Waals surface area contributed by atoms with Gasteiger partial charge in [0.1, 0.15) is 17.4 Å². The summed E-state index contributed by atoms with van der Waals surface area (Å²) in [6, 6.07) is 3.34. The van der Waals surface area contributed by atoms with Crippen molar-refractivity contribution in [2.75, 3.05) is 11.9 Å². The summed E-state index contributed by atoms with van der Waals surface area (Å²) in [5.41, 5.74) is 1.41. The molecule has 1 N–H and O–H groups in total. The van der Waals surface area contributed by atoms with Gasteiger partial charge in [-0.1, -0.05) is 5.16 Å². The molecular weight excluding hydrogens is 290 g/mol. The molecule has 2 aromatic heterocycles. The highest BCUT2D eigenvalue weighted by molar-refractivity contribution is 5.94. The number of esters is 1. The minimum atomic E-state index is -0.803. The molecule has 0 aromatic carbocycles. The molecule has 114 valence electrons. The summed E-state index contributed by atoms with van der Waals surface area (Å²) in [6.07, 6.45) is 0. The molecule has 0 saturated heterocycles. The van der Waals surface area contributed by atoms with E-state index in [-0.39, 0.29) is 17.2 Å².